The first-order valence-electron chi connectivity index (χ1n) is 6.37. The van der Waals surface area contributed by atoms with Gasteiger partial charge in [-0.05, 0) is 41.0 Å². The van der Waals surface area contributed by atoms with Gasteiger partial charge >= 0.3 is 0 Å². The lowest BCUT2D eigenvalue weighted by Crippen LogP contribution is -2.61. The van der Waals surface area contributed by atoms with E-state index in [-0.39, 0.29) is 5.75 Å². The van der Waals surface area contributed by atoms with Gasteiger partial charge in [0.15, 0.2) is 0 Å². The zero-order chi connectivity index (χ0) is 15.5. The molecule has 0 saturated heterocycles. The first-order chi connectivity index (χ1) is 8.32. The molecule has 7 heteroatoms. The van der Waals surface area contributed by atoms with Gasteiger partial charge < -0.3 is 10.4 Å². The van der Waals surface area contributed by atoms with Crippen LogP contribution in [-0.4, -0.2) is 42.4 Å². The number of hydrogen-bond acceptors (Lipinski definition) is 4. The van der Waals surface area contributed by atoms with Crippen molar-refractivity contribution in [2.24, 2.45) is 0 Å². The van der Waals surface area contributed by atoms with Crippen molar-refractivity contribution in [1.82, 2.24) is 10.0 Å². The molecule has 3 N–H and O–H groups in total. The minimum atomic E-state index is -3.44. The van der Waals surface area contributed by atoms with E-state index in [9.17, 15) is 18.3 Å². The van der Waals surface area contributed by atoms with Crippen molar-refractivity contribution in [3.63, 3.8) is 0 Å². The quantitative estimate of drug-likeness (QED) is 0.632. The third-order valence-corrected chi connectivity index (χ3v) is 4.85. The van der Waals surface area contributed by atoms with Crippen LogP contribution in [-0.2, 0) is 14.8 Å². The summed E-state index contributed by atoms with van der Waals surface area (Å²) in [5.74, 6) is -0.480. The fourth-order valence-corrected chi connectivity index (χ4v) is 2.52. The second kappa shape index (κ2) is 6.19. The highest BCUT2D eigenvalue weighted by molar-refractivity contribution is 7.89. The molecule has 1 amide bonds. The average Bonchev–Trinajstić information content (AvgIpc) is 2.13. The molecule has 0 heterocycles. The first kappa shape index (κ1) is 18.3. The van der Waals surface area contributed by atoms with Crippen molar-refractivity contribution < 1.29 is 18.3 Å². The Labute approximate surface area is 116 Å². The van der Waals surface area contributed by atoms with Gasteiger partial charge in [-0.3, -0.25) is 4.79 Å². The fraction of sp³-hybridized carbons (Fsp3) is 0.917. The Morgan fingerprint density at radius 2 is 1.74 bits per heavy atom. The van der Waals surface area contributed by atoms with Crippen molar-refractivity contribution in [3.05, 3.63) is 0 Å². The van der Waals surface area contributed by atoms with Gasteiger partial charge in [0.2, 0.25) is 15.9 Å². The Hall–Kier alpha value is -0.660. The zero-order valence-corrected chi connectivity index (χ0v) is 13.4. The number of carbonyl (C=O) groups is 1. The summed E-state index contributed by atoms with van der Waals surface area (Å²) in [6, 6.07) is -0.877. The zero-order valence-electron chi connectivity index (χ0n) is 12.6. The van der Waals surface area contributed by atoms with Crippen LogP contribution in [0, 0.1) is 0 Å². The third kappa shape index (κ3) is 5.88. The molecule has 1 unspecified atom stereocenters. The number of carbonyl (C=O) groups excluding carboxylic acids is 1. The SMILES string of the molecule is CCCS(=O)(=O)NC(C)C(=O)NC(C)(C)C(C)(C)O. The highest BCUT2D eigenvalue weighted by Crippen LogP contribution is 2.20. The van der Waals surface area contributed by atoms with Crippen molar-refractivity contribution in [2.45, 2.75) is 65.1 Å². The van der Waals surface area contributed by atoms with E-state index < -0.39 is 33.1 Å². The number of rotatable bonds is 7. The summed E-state index contributed by atoms with van der Waals surface area (Å²) in [4.78, 5) is 11.9. The maximum atomic E-state index is 11.9. The topological polar surface area (TPSA) is 95.5 Å². The molecule has 19 heavy (non-hydrogen) atoms. The summed E-state index contributed by atoms with van der Waals surface area (Å²) >= 11 is 0. The van der Waals surface area contributed by atoms with E-state index in [1.807, 2.05) is 0 Å². The number of nitrogens with one attached hydrogen (secondary N) is 2. The minimum absolute atomic E-state index is 0.0144. The van der Waals surface area contributed by atoms with Gasteiger partial charge in [0.25, 0.3) is 0 Å². The van der Waals surface area contributed by atoms with Crippen molar-refractivity contribution >= 4 is 15.9 Å². The molecule has 0 radical (unpaired) electrons. The molecular formula is C12H26N2O4S. The van der Waals surface area contributed by atoms with Gasteiger partial charge in [-0.1, -0.05) is 6.92 Å². The van der Waals surface area contributed by atoms with Crippen molar-refractivity contribution in [3.8, 4) is 0 Å². The van der Waals surface area contributed by atoms with E-state index in [2.05, 4.69) is 10.0 Å². The molecule has 0 aliphatic rings. The third-order valence-electron chi connectivity index (χ3n) is 3.19. The summed E-state index contributed by atoms with van der Waals surface area (Å²) in [6.45, 7) is 9.75. The van der Waals surface area contributed by atoms with Gasteiger partial charge in [-0.15, -0.1) is 0 Å². The second-order valence-corrected chi connectivity index (χ2v) is 7.71. The van der Waals surface area contributed by atoms with E-state index in [4.69, 9.17) is 0 Å². The van der Waals surface area contributed by atoms with Crippen LogP contribution in [0.1, 0.15) is 48.0 Å². The van der Waals surface area contributed by atoms with Crippen molar-refractivity contribution in [2.75, 3.05) is 5.75 Å². The van der Waals surface area contributed by atoms with E-state index in [0.29, 0.717) is 6.42 Å². The normalized spacial score (nSPS) is 15.1. The largest absolute Gasteiger partial charge is 0.388 e. The molecule has 0 aliphatic carbocycles. The lowest BCUT2D eigenvalue weighted by Gasteiger charge is -2.38. The summed E-state index contributed by atoms with van der Waals surface area (Å²) in [5, 5.41) is 12.6. The summed E-state index contributed by atoms with van der Waals surface area (Å²) < 4.78 is 25.4. The van der Waals surface area contributed by atoms with Gasteiger partial charge in [-0.25, -0.2) is 13.1 Å². The molecule has 0 aliphatic heterocycles. The predicted molar refractivity (Wildman–Crippen MR) is 75.2 cm³/mol. The fourth-order valence-electron chi connectivity index (χ4n) is 1.22. The Morgan fingerprint density at radius 3 is 2.11 bits per heavy atom. The van der Waals surface area contributed by atoms with Crippen LogP contribution in [0.2, 0.25) is 0 Å². The van der Waals surface area contributed by atoms with E-state index in [1.165, 1.54) is 6.92 Å². The average molecular weight is 294 g/mol. The molecule has 0 rings (SSSR count). The van der Waals surface area contributed by atoms with Crippen LogP contribution in [0.4, 0.5) is 0 Å². The molecule has 0 bridgehead atoms. The first-order valence-corrected chi connectivity index (χ1v) is 8.02. The number of amides is 1. The molecular weight excluding hydrogens is 268 g/mol. The van der Waals surface area contributed by atoms with Crippen LogP contribution >= 0.6 is 0 Å². The highest BCUT2D eigenvalue weighted by Gasteiger charge is 2.37. The van der Waals surface area contributed by atoms with Crippen LogP contribution in [0.3, 0.4) is 0 Å². The van der Waals surface area contributed by atoms with Gasteiger partial charge in [0.05, 0.1) is 22.9 Å². The van der Waals surface area contributed by atoms with Crippen LogP contribution in [0.25, 0.3) is 0 Å². The molecule has 0 aromatic carbocycles. The molecule has 0 aromatic rings. The second-order valence-electron chi connectivity index (χ2n) is 5.83. The minimum Gasteiger partial charge on any atom is -0.388 e. The monoisotopic (exact) mass is 294 g/mol. The summed E-state index contributed by atoms with van der Waals surface area (Å²) in [6.07, 6.45) is 0.485. The summed E-state index contributed by atoms with van der Waals surface area (Å²) in [7, 11) is -3.44. The standard InChI is InChI=1S/C12H26N2O4S/c1-7-8-19(17,18)14-9(2)10(15)13-11(3,4)12(5,6)16/h9,14,16H,7-8H2,1-6H3,(H,13,15). The van der Waals surface area contributed by atoms with E-state index in [0.717, 1.165) is 0 Å². The van der Waals surface area contributed by atoms with Gasteiger partial charge in [0, 0.05) is 0 Å². The van der Waals surface area contributed by atoms with Crippen LogP contribution in [0.15, 0.2) is 0 Å². The smallest absolute Gasteiger partial charge is 0.238 e. The maximum Gasteiger partial charge on any atom is 0.238 e. The predicted octanol–water partition coefficient (Wildman–Crippen LogP) is 0.370. The van der Waals surface area contributed by atoms with Crippen LogP contribution < -0.4 is 10.0 Å². The molecule has 0 aromatic heterocycles. The molecule has 6 nitrogen and oxygen atoms in total. The molecule has 0 fully saturated rings. The van der Waals surface area contributed by atoms with Crippen LogP contribution in [0.5, 0.6) is 0 Å². The molecule has 114 valence electrons. The maximum absolute atomic E-state index is 11.9. The lowest BCUT2D eigenvalue weighted by molar-refractivity contribution is -0.127. The Bertz CT molecular complexity index is 410. The molecule has 1 atom stereocenters. The van der Waals surface area contributed by atoms with E-state index >= 15 is 0 Å². The number of sulfonamides is 1. The van der Waals surface area contributed by atoms with Crippen molar-refractivity contribution in [1.29, 1.82) is 0 Å². The molecule has 0 spiro atoms. The number of hydrogen-bond donors (Lipinski definition) is 3. The van der Waals surface area contributed by atoms with E-state index in [1.54, 1.807) is 34.6 Å². The van der Waals surface area contributed by atoms with Gasteiger partial charge in [0.1, 0.15) is 0 Å². The Kier molecular flexibility index (Phi) is 5.98. The molecule has 0 saturated carbocycles. The Morgan fingerprint density at radius 1 is 1.26 bits per heavy atom. The van der Waals surface area contributed by atoms with Gasteiger partial charge in [-0.2, -0.15) is 0 Å². The lowest BCUT2D eigenvalue weighted by atomic mass is 9.86. The Balaban J connectivity index is 4.70. The summed E-state index contributed by atoms with van der Waals surface area (Å²) in [5.41, 5.74) is -1.99. The highest BCUT2D eigenvalue weighted by atomic mass is 32.2. The number of aliphatic hydroxyl groups is 1.